The molecule has 124 valence electrons. The largest absolute Gasteiger partial charge is 0.416 e. The standard InChI is InChI=1S/C16H17F3N2O2/c1-10(2)13-9-14(23-21-13)15(22)20-7-6-11-4-3-5-12(8-11)16(17,18)19/h3-5,8-10H,6-7H2,1-2H3,(H,20,22). The maximum Gasteiger partial charge on any atom is 0.416 e. The van der Waals surface area contributed by atoms with Crippen LogP contribution in [-0.2, 0) is 12.6 Å². The molecule has 0 fully saturated rings. The van der Waals surface area contributed by atoms with E-state index in [1.165, 1.54) is 6.07 Å². The van der Waals surface area contributed by atoms with Gasteiger partial charge in [0, 0.05) is 12.6 Å². The van der Waals surface area contributed by atoms with Crippen LogP contribution in [-0.4, -0.2) is 17.6 Å². The van der Waals surface area contributed by atoms with E-state index in [9.17, 15) is 18.0 Å². The molecule has 0 unspecified atom stereocenters. The van der Waals surface area contributed by atoms with Gasteiger partial charge in [0.15, 0.2) is 0 Å². The summed E-state index contributed by atoms with van der Waals surface area (Å²) in [6.07, 6.45) is -4.08. The molecule has 2 rings (SSSR count). The van der Waals surface area contributed by atoms with Crippen LogP contribution in [0, 0.1) is 0 Å². The molecule has 1 heterocycles. The van der Waals surface area contributed by atoms with Crippen LogP contribution in [0.5, 0.6) is 0 Å². The van der Waals surface area contributed by atoms with E-state index in [1.54, 1.807) is 12.1 Å². The molecule has 7 heteroatoms. The Morgan fingerprint density at radius 2 is 2.04 bits per heavy atom. The topological polar surface area (TPSA) is 55.1 Å². The van der Waals surface area contributed by atoms with Gasteiger partial charge in [0.2, 0.25) is 5.76 Å². The number of hydrogen-bond acceptors (Lipinski definition) is 3. The van der Waals surface area contributed by atoms with Gasteiger partial charge in [-0.15, -0.1) is 0 Å². The molecule has 1 N–H and O–H groups in total. The third kappa shape index (κ3) is 4.58. The highest BCUT2D eigenvalue weighted by Gasteiger charge is 2.30. The molecule has 0 saturated heterocycles. The van der Waals surface area contributed by atoms with E-state index >= 15 is 0 Å². The van der Waals surface area contributed by atoms with Crippen LogP contribution >= 0.6 is 0 Å². The zero-order valence-corrected chi connectivity index (χ0v) is 12.8. The number of rotatable bonds is 5. The van der Waals surface area contributed by atoms with Crippen molar-refractivity contribution in [2.24, 2.45) is 0 Å². The van der Waals surface area contributed by atoms with E-state index < -0.39 is 17.6 Å². The molecule has 1 amide bonds. The van der Waals surface area contributed by atoms with Gasteiger partial charge in [0.25, 0.3) is 5.91 Å². The smallest absolute Gasteiger partial charge is 0.351 e. The summed E-state index contributed by atoms with van der Waals surface area (Å²) in [4.78, 5) is 11.9. The zero-order valence-electron chi connectivity index (χ0n) is 12.8. The van der Waals surface area contributed by atoms with Gasteiger partial charge in [0.05, 0.1) is 11.3 Å². The number of alkyl halides is 3. The van der Waals surface area contributed by atoms with E-state index in [4.69, 9.17) is 4.52 Å². The van der Waals surface area contributed by atoms with Crippen molar-refractivity contribution < 1.29 is 22.5 Å². The Morgan fingerprint density at radius 1 is 1.30 bits per heavy atom. The van der Waals surface area contributed by atoms with Crippen molar-refractivity contribution in [2.45, 2.75) is 32.4 Å². The lowest BCUT2D eigenvalue weighted by atomic mass is 10.1. The molecule has 0 aliphatic carbocycles. The Kier molecular flexibility index (Phi) is 5.08. The Labute approximate surface area is 131 Å². The lowest BCUT2D eigenvalue weighted by Gasteiger charge is -2.09. The summed E-state index contributed by atoms with van der Waals surface area (Å²) < 4.78 is 42.8. The molecule has 0 aliphatic heterocycles. The number of nitrogens with zero attached hydrogens (tertiary/aromatic N) is 1. The van der Waals surface area contributed by atoms with Crippen LogP contribution in [0.1, 0.15) is 47.1 Å². The predicted octanol–water partition coefficient (Wildman–Crippen LogP) is 3.79. The van der Waals surface area contributed by atoms with Crippen molar-refractivity contribution in [1.29, 1.82) is 0 Å². The van der Waals surface area contributed by atoms with Gasteiger partial charge in [-0.2, -0.15) is 13.2 Å². The number of amides is 1. The summed E-state index contributed by atoms with van der Waals surface area (Å²) >= 11 is 0. The molecule has 23 heavy (non-hydrogen) atoms. The van der Waals surface area contributed by atoms with E-state index in [-0.39, 0.29) is 18.2 Å². The molecule has 0 saturated carbocycles. The second-order valence-electron chi connectivity index (χ2n) is 5.47. The van der Waals surface area contributed by atoms with Gasteiger partial charge in [0.1, 0.15) is 0 Å². The maximum atomic E-state index is 12.6. The van der Waals surface area contributed by atoms with Crippen LogP contribution in [0.2, 0.25) is 0 Å². The first-order valence-corrected chi connectivity index (χ1v) is 7.18. The normalized spacial score (nSPS) is 11.7. The van der Waals surface area contributed by atoms with Crippen molar-refractivity contribution >= 4 is 5.91 Å². The highest BCUT2D eigenvalue weighted by molar-refractivity contribution is 5.91. The van der Waals surface area contributed by atoms with Crippen LogP contribution in [0.25, 0.3) is 0 Å². The summed E-state index contributed by atoms with van der Waals surface area (Å²) in [5.74, 6) is -0.195. The fourth-order valence-electron chi connectivity index (χ4n) is 1.98. The van der Waals surface area contributed by atoms with Gasteiger partial charge in [-0.05, 0) is 24.0 Å². The minimum atomic E-state index is -4.37. The van der Waals surface area contributed by atoms with Gasteiger partial charge in [-0.1, -0.05) is 37.2 Å². The molecule has 0 aliphatic rings. The summed E-state index contributed by atoms with van der Waals surface area (Å²) in [5, 5.41) is 6.38. The summed E-state index contributed by atoms with van der Waals surface area (Å²) in [7, 11) is 0. The van der Waals surface area contributed by atoms with Gasteiger partial charge in [-0.25, -0.2) is 0 Å². The predicted molar refractivity (Wildman–Crippen MR) is 78.1 cm³/mol. The molecule has 0 radical (unpaired) electrons. The van der Waals surface area contributed by atoms with Crippen molar-refractivity contribution in [3.63, 3.8) is 0 Å². The maximum absolute atomic E-state index is 12.6. The number of carbonyl (C=O) groups excluding carboxylic acids is 1. The Balaban J connectivity index is 1.90. The van der Waals surface area contributed by atoms with Crippen LogP contribution in [0.4, 0.5) is 13.2 Å². The molecule has 1 aromatic heterocycles. The van der Waals surface area contributed by atoms with Gasteiger partial charge < -0.3 is 9.84 Å². The second kappa shape index (κ2) is 6.85. The van der Waals surface area contributed by atoms with Crippen molar-refractivity contribution in [3.05, 3.63) is 52.9 Å². The fraction of sp³-hybridized carbons (Fsp3) is 0.375. The third-order valence-corrected chi connectivity index (χ3v) is 3.30. The second-order valence-corrected chi connectivity index (χ2v) is 5.47. The third-order valence-electron chi connectivity index (χ3n) is 3.30. The van der Waals surface area contributed by atoms with E-state index in [0.717, 1.165) is 12.1 Å². The molecule has 0 bridgehead atoms. The van der Waals surface area contributed by atoms with Gasteiger partial charge >= 0.3 is 6.18 Å². The highest BCUT2D eigenvalue weighted by atomic mass is 19.4. The zero-order chi connectivity index (χ0) is 17.0. The Morgan fingerprint density at radius 3 is 2.65 bits per heavy atom. The number of nitrogens with one attached hydrogen (secondary N) is 1. The summed E-state index contributed by atoms with van der Waals surface area (Å²) in [6.45, 7) is 4.05. The SMILES string of the molecule is CC(C)c1cc(C(=O)NCCc2cccc(C(F)(F)F)c2)on1. The number of carbonyl (C=O) groups is 1. The van der Waals surface area contributed by atoms with E-state index in [0.29, 0.717) is 17.7 Å². The van der Waals surface area contributed by atoms with Gasteiger partial charge in [-0.3, -0.25) is 4.79 Å². The quantitative estimate of drug-likeness (QED) is 0.909. The van der Waals surface area contributed by atoms with Crippen molar-refractivity contribution in [1.82, 2.24) is 10.5 Å². The molecular weight excluding hydrogens is 309 g/mol. The van der Waals surface area contributed by atoms with Crippen LogP contribution < -0.4 is 5.32 Å². The molecular formula is C16H17F3N2O2. The molecule has 1 aromatic carbocycles. The highest BCUT2D eigenvalue weighted by Crippen LogP contribution is 2.29. The van der Waals surface area contributed by atoms with E-state index in [2.05, 4.69) is 10.5 Å². The molecule has 4 nitrogen and oxygen atoms in total. The number of halogens is 3. The minimum absolute atomic E-state index is 0.0951. The lowest BCUT2D eigenvalue weighted by Crippen LogP contribution is -2.25. The fourth-order valence-corrected chi connectivity index (χ4v) is 1.98. The summed E-state index contributed by atoms with van der Waals surface area (Å²) in [6, 6.07) is 6.60. The minimum Gasteiger partial charge on any atom is -0.351 e. The van der Waals surface area contributed by atoms with E-state index in [1.807, 2.05) is 13.8 Å². The summed E-state index contributed by atoms with van der Waals surface area (Å²) in [5.41, 5.74) is 0.478. The van der Waals surface area contributed by atoms with Crippen molar-refractivity contribution in [3.8, 4) is 0 Å². The van der Waals surface area contributed by atoms with Crippen LogP contribution in [0.15, 0.2) is 34.9 Å². The first-order valence-electron chi connectivity index (χ1n) is 7.18. The number of aromatic nitrogens is 1. The lowest BCUT2D eigenvalue weighted by molar-refractivity contribution is -0.137. The Bertz CT molecular complexity index is 678. The molecule has 2 aromatic rings. The van der Waals surface area contributed by atoms with Crippen LogP contribution in [0.3, 0.4) is 0 Å². The first-order chi connectivity index (χ1) is 10.8. The Hall–Kier alpha value is -2.31. The van der Waals surface area contributed by atoms with Crippen molar-refractivity contribution in [2.75, 3.05) is 6.54 Å². The monoisotopic (exact) mass is 326 g/mol. The number of hydrogen-bond donors (Lipinski definition) is 1. The molecule has 0 spiro atoms. The average Bonchev–Trinajstić information content (AvgIpc) is 2.97. The molecule has 0 atom stereocenters. The number of benzene rings is 1. The first kappa shape index (κ1) is 17.1. The average molecular weight is 326 g/mol.